The Morgan fingerprint density at radius 2 is 1.73 bits per heavy atom. The first-order valence-electron chi connectivity index (χ1n) is 9.86. The van der Waals surface area contributed by atoms with E-state index < -0.39 is 0 Å². The van der Waals surface area contributed by atoms with E-state index in [1.807, 2.05) is 72.8 Å². The average Bonchev–Trinajstić information content (AvgIpc) is 2.77. The number of nitrogens with one attached hydrogen (secondary N) is 1. The molecule has 0 fully saturated rings. The van der Waals surface area contributed by atoms with Crippen molar-refractivity contribution < 1.29 is 9.53 Å². The molecule has 1 N–H and O–H groups in total. The fourth-order valence-electron chi connectivity index (χ4n) is 3.00. The molecule has 0 heterocycles. The Morgan fingerprint density at radius 3 is 2.43 bits per heavy atom. The molecule has 0 radical (unpaired) electrons. The van der Waals surface area contributed by atoms with Gasteiger partial charge in [-0.25, -0.2) is 0 Å². The summed E-state index contributed by atoms with van der Waals surface area (Å²) in [5, 5.41) is 12.2. The molecule has 0 aliphatic rings. The van der Waals surface area contributed by atoms with Crippen molar-refractivity contribution >= 4 is 12.0 Å². The number of ether oxygens (including phenoxy) is 1. The molecule has 0 saturated heterocycles. The van der Waals surface area contributed by atoms with E-state index in [1.54, 1.807) is 6.08 Å². The molecule has 0 aliphatic carbocycles. The summed E-state index contributed by atoms with van der Waals surface area (Å²) >= 11 is 0. The smallest absolute Gasteiger partial charge is 0.261 e. The van der Waals surface area contributed by atoms with Gasteiger partial charge in [0.25, 0.3) is 5.91 Å². The molecule has 3 aromatic carbocycles. The Morgan fingerprint density at radius 1 is 1.00 bits per heavy atom. The number of nitrogens with zero attached hydrogens (tertiary/aromatic N) is 1. The fraction of sp³-hybridized carbons (Fsp3) is 0.154. The van der Waals surface area contributed by atoms with Crippen molar-refractivity contribution in [3.63, 3.8) is 0 Å². The molecule has 0 unspecified atom stereocenters. The van der Waals surface area contributed by atoms with Crippen LogP contribution < -0.4 is 10.1 Å². The highest BCUT2D eigenvalue weighted by Crippen LogP contribution is 2.16. The zero-order valence-electron chi connectivity index (χ0n) is 17.0. The van der Waals surface area contributed by atoms with Crippen LogP contribution in [0.4, 0.5) is 0 Å². The van der Waals surface area contributed by atoms with Gasteiger partial charge in [0.1, 0.15) is 24.0 Å². The Labute approximate surface area is 177 Å². The molecular weight excluding hydrogens is 372 g/mol. The van der Waals surface area contributed by atoms with Gasteiger partial charge in [-0.1, -0.05) is 72.3 Å². The standard InChI is InChI=1S/C26H24N2O2/c1-20-6-5-9-23(16-20)19-30-25-12-10-22(11-13-25)17-24(18-27)26(29)28-15-14-21-7-3-2-4-8-21/h2-13,16-17H,14-15,19H2,1H3,(H,28,29)/b24-17+. The second kappa shape index (κ2) is 10.6. The number of benzene rings is 3. The molecule has 0 saturated carbocycles. The molecule has 4 nitrogen and oxygen atoms in total. The Kier molecular flexibility index (Phi) is 7.40. The second-order valence-electron chi connectivity index (χ2n) is 7.01. The van der Waals surface area contributed by atoms with E-state index in [0.717, 1.165) is 28.9 Å². The second-order valence-corrected chi connectivity index (χ2v) is 7.01. The van der Waals surface area contributed by atoms with Crippen molar-refractivity contribution in [3.8, 4) is 11.8 Å². The van der Waals surface area contributed by atoms with Gasteiger partial charge in [0, 0.05) is 6.54 Å². The molecule has 30 heavy (non-hydrogen) atoms. The molecule has 0 aliphatic heterocycles. The lowest BCUT2D eigenvalue weighted by Crippen LogP contribution is -2.26. The quantitative estimate of drug-likeness (QED) is 0.438. The van der Waals surface area contributed by atoms with E-state index in [4.69, 9.17) is 4.74 Å². The van der Waals surface area contributed by atoms with E-state index in [2.05, 4.69) is 24.4 Å². The number of aryl methyl sites for hydroxylation is 1. The molecule has 1 amide bonds. The number of amides is 1. The third-order valence-corrected chi connectivity index (χ3v) is 4.59. The molecule has 0 atom stereocenters. The van der Waals surface area contributed by atoms with Gasteiger partial charge >= 0.3 is 0 Å². The molecule has 3 rings (SSSR count). The number of nitriles is 1. The lowest BCUT2D eigenvalue weighted by atomic mass is 10.1. The van der Waals surface area contributed by atoms with Crippen LogP contribution in [-0.2, 0) is 17.8 Å². The minimum Gasteiger partial charge on any atom is -0.489 e. The lowest BCUT2D eigenvalue weighted by molar-refractivity contribution is -0.117. The first-order chi connectivity index (χ1) is 14.6. The predicted molar refractivity (Wildman–Crippen MR) is 119 cm³/mol. The summed E-state index contributed by atoms with van der Waals surface area (Å²) in [6.07, 6.45) is 2.31. The molecule has 0 bridgehead atoms. The van der Waals surface area contributed by atoms with Gasteiger partial charge in [-0.3, -0.25) is 4.79 Å². The van der Waals surface area contributed by atoms with E-state index >= 15 is 0 Å². The van der Waals surface area contributed by atoms with E-state index in [9.17, 15) is 10.1 Å². The highest BCUT2D eigenvalue weighted by Gasteiger charge is 2.08. The zero-order chi connectivity index (χ0) is 21.2. The van der Waals surface area contributed by atoms with Gasteiger partial charge in [0.05, 0.1) is 0 Å². The number of hydrogen-bond acceptors (Lipinski definition) is 3. The summed E-state index contributed by atoms with van der Waals surface area (Å²) in [6.45, 7) is 3.02. The number of hydrogen-bond donors (Lipinski definition) is 1. The van der Waals surface area contributed by atoms with Crippen molar-refractivity contribution in [2.75, 3.05) is 6.54 Å². The molecule has 150 valence electrons. The van der Waals surface area contributed by atoms with Crippen LogP contribution >= 0.6 is 0 Å². The normalized spacial score (nSPS) is 10.9. The number of rotatable bonds is 8. The van der Waals surface area contributed by atoms with Gasteiger partial charge in [-0.2, -0.15) is 5.26 Å². The Hall–Kier alpha value is -3.84. The lowest BCUT2D eigenvalue weighted by Gasteiger charge is -2.07. The third-order valence-electron chi connectivity index (χ3n) is 4.59. The average molecular weight is 396 g/mol. The summed E-state index contributed by atoms with van der Waals surface area (Å²) in [7, 11) is 0. The van der Waals surface area contributed by atoms with E-state index in [-0.39, 0.29) is 11.5 Å². The van der Waals surface area contributed by atoms with Crippen LogP contribution in [0.25, 0.3) is 6.08 Å². The molecule has 4 heteroatoms. The van der Waals surface area contributed by atoms with Crippen LogP contribution in [0.2, 0.25) is 0 Å². The summed E-state index contributed by atoms with van der Waals surface area (Å²) in [5.74, 6) is 0.368. The maximum absolute atomic E-state index is 12.3. The van der Waals surface area contributed by atoms with Crippen LogP contribution in [0.15, 0.2) is 84.4 Å². The monoisotopic (exact) mass is 396 g/mol. The molecule has 0 spiro atoms. The van der Waals surface area contributed by atoms with Gasteiger partial charge in [0.2, 0.25) is 0 Å². The zero-order valence-corrected chi connectivity index (χ0v) is 17.0. The molecule has 0 aromatic heterocycles. The predicted octanol–water partition coefficient (Wildman–Crippen LogP) is 4.84. The number of carbonyl (C=O) groups is 1. The summed E-state index contributed by atoms with van der Waals surface area (Å²) < 4.78 is 5.81. The van der Waals surface area contributed by atoms with Crippen molar-refractivity contribution in [2.45, 2.75) is 20.0 Å². The van der Waals surface area contributed by atoms with E-state index in [0.29, 0.717) is 13.2 Å². The summed E-state index contributed by atoms with van der Waals surface area (Å²) in [4.78, 5) is 12.3. The van der Waals surface area contributed by atoms with Crippen molar-refractivity contribution in [3.05, 3.63) is 107 Å². The first kappa shape index (κ1) is 20.9. The van der Waals surface area contributed by atoms with Gasteiger partial charge in [-0.15, -0.1) is 0 Å². The topological polar surface area (TPSA) is 62.1 Å². The van der Waals surface area contributed by atoms with Crippen molar-refractivity contribution in [2.24, 2.45) is 0 Å². The van der Waals surface area contributed by atoms with Crippen LogP contribution in [0.3, 0.4) is 0 Å². The summed E-state index contributed by atoms with van der Waals surface area (Å²) in [6, 6.07) is 27.4. The van der Waals surface area contributed by atoms with Gasteiger partial charge in [0.15, 0.2) is 0 Å². The molecular formula is C26H24N2O2. The molecule has 3 aromatic rings. The SMILES string of the molecule is Cc1cccc(COc2ccc(/C=C(\C#N)C(=O)NCCc3ccccc3)cc2)c1. The maximum Gasteiger partial charge on any atom is 0.261 e. The minimum absolute atomic E-state index is 0.0801. The minimum atomic E-state index is -0.367. The van der Waals surface area contributed by atoms with E-state index in [1.165, 1.54) is 5.56 Å². The van der Waals surface area contributed by atoms with Crippen LogP contribution in [0, 0.1) is 18.3 Å². The van der Waals surface area contributed by atoms with Crippen LogP contribution in [0.1, 0.15) is 22.3 Å². The highest BCUT2D eigenvalue weighted by molar-refractivity contribution is 6.01. The largest absolute Gasteiger partial charge is 0.489 e. The Bertz CT molecular complexity index is 1050. The van der Waals surface area contributed by atoms with Gasteiger partial charge in [-0.05, 0) is 48.2 Å². The maximum atomic E-state index is 12.3. The van der Waals surface area contributed by atoms with Gasteiger partial charge < -0.3 is 10.1 Å². The fourth-order valence-corrected chi connectivity index (χ4v) is 3.00. The first-order valence-corrected chi connectivity index (χ1v) is 9.86. The van der Waals surface area contributed by atoms with Crippen molar-refractivity contribution in [1.82, 2.24) is 5.32 Å². The van der Waals surface area contributed by atoms with Crippen LogP contribution in [-0.4, -0.2) is 12.5 Å². The number of carbonyl (C=O) groups excluding carboxylic acids is 1. The Balaban J connectivity index is 1.54. The highest BCUT2D eigenvalue weighted by atomic mass is 16.5. The third kappa shape index (κ3) is 6.35. The van der Waals surface area contributed by atoms with Crippen LogP contribution in [0.5, 0.6) is 5.75 Å². The summed E-state index contributed by atoms with van der Waals surface area (Å²) in [5.41, 5.74) is 4.30. The van der Waals surface area contributed by atoms with Crippen molar-refractivity contribution in [1.29, 1.82) is 5.26 Å².